The van der Waals surface area contributed by atoms with Gasteiger partial charge in [-0.05, 0) is 25.5 Å². The highest BCUT2D eigenvalue weighted by molar-refractivity contribution is 5.95. The summed E-state index contributed by atoms with van der Waals surface area (Å²) in [6, 6.07) is 1.98. The summed E-state index contributed by atoms with van der Waals surface area (Å²) in [5.74, 6) is -0.141. The number of ether oxygens (including phenoxy) is 1. The quantitative estimate of drug-likeness (QED) is 0.927. The maximum Gasteiger partial charge on any atom is 0.433 e. The van der Waals surface area contributed by atoms with E-state index in [1.165, 1.54) is 6.92 Å². The molecule has 1 fully saturated rings. The molecule has 4 nitrogen and oxygen atoms in total. The second-order valence-corrected chi connectivity index (χ2v) is 4.77. The van der Waals surface area contributed by atoms with Gasteiger partial charge in [0.15, 0.2) is 0 Å². The Morgan fingerprint density at radius 1 is 1.50 bits per heavy atom. The van der Waals surface area contributed by atoms with Gasteiger partial charge in [0.25, 0.3) is 5.91 Å². The molecule has 110 valence electrons. The van der Waals surface area contributed by atoms with Crippen LogP contribution in [0.25, 0.3) is 0 Å². The summed E-state index contributed by atoms with van der Waals surface area (Å²) in [4.78, 5) is 15.3. The molecule has 1 aromatic heterocycles. The Bertz CT molecular complexity index is 497. The number of hydrogen-bond donors (Lipinski definition) is 1. The van der Waals surface area contributed by atoms with Gasteiger partial charge in [-0.2, -0.15) is 13.2 Å². The van der Waals surface area contributed by atoms with Gasteiger partial charge in [-0.15, -0.1) is 0 Å². The molecule has 0 aliphatic carbocycles. The van der Waals surface area contributed by atoms with Gasteiger partial charge in [0.2, 0.25) is 0 Å². The van der Waals surface area contributed by atoms with Gasteiger partial charge in [-0.1, -0.05) is 0 Å². The lowest BCUT2D eigenvalue weighted by molar-refractivity contribution is -0.141. The molecule has 2 rings (SSSR count). The largest absolute Gasteiger partial charge is 0.433 e. The number of pyridine rings is 1. The second-order valence-electron chi connectivity index (χ2n) is 4.77. The monoisotopic (exact) mass is 288 g/mol. The number of amides is 1. The highest BCUT2D eigenvalue weighted by atomic mass is 19.4. The Hall–Kier alpha value is -1.63. The van der Waals surface area contributed by atoms with Crippen molar-refractivity contribution in [3.05, 3.63) is 29.1 Å². The molecular weight excluding hydrogens is 273 g/mol. The third-order valence-electron chi connectivity index (χ3n) is 3.20. The van der Waals surface area contributed by atoms with E-state index in [4.69, 9.17) is 4.74 Å². The molecule has 7 heteroatoms. The standard InChI is InChI=1S/C13H15F3N2O2/c1-8-10(2-3-11(18-8)13(14,15)16)12(19)17-6-9-4-5-20-7-9/h2-3,9H,4-7H2,1H3,(H,17,19)/t9-/m1/s1. The molecule has 1 aliphatic heterocycles. The van der Waals surface area contributed by atoms with Gasteiger partial charge < -0.3 is 10.1 Å². The number of halogens is 3. The molecule has 0 aromatic carbocycles. The molecule has 0 radical (unpaired) electrons. The average Bonchev–Trinajstić information content (AvgIpc) is 2.87. The number of aryl methyl sites for hydroxylation is 1. The topological polar surface area (TPSA) is 51.2 Å². The van der Waals surface area contributed by atoms with E-state index in [9.17, 15) is 18.0 Å². The van der Waals surface area contributed by atoms with Crippen molar-refractivity contribution in [1.29, 1.82) is 0 Å². The van der Waals surface area contributed by atoms with E-state index in [1.807, 2.05) is 0 Å². The molecule has 1 N–H and O–H groups in total. The Kier molecular flexibility index (Phi) is 4.27. The lowest BCUT2D eigenvalue weighted by Crippen LogP contribution is -2.30. The Morgan fingerprint density at radius 2 is 2.25 bits per heavy atom. The van der Waals surface area contributed by atoms with Gasteiger partial charge in [0.1, 0.15) is 5.69 Å². The van der Waals surface area contributed by atoms with Crippen molar-refractivity contribution in [1.82, 2.24) is 10.3 Å². The normalized spacial score (nSPS) is 19.1. The summed E-state index contributed by atoms with van der Waals surface area (Å²) in [5.41, 5.74) is -0.757. The molecule has 0 saturated carbocycles. The molecule has 1 aromatic rings. The summed E-state index contributed by atoms with van der Waals surface area (Å²) in [6.07, 6.45) is -3.62. The minimum absolute atomic E-state index is 0.0694. The maximum atomic E-state index is 12.5. The van der Waals surface area contributed by atoms with Crippen molar-refractivity contribution in [3.8, 4) is 0 Å². The zero-order chi connectivity index (χ0) is 14.8. The number of aromatic nitrogens is 1. The van der Waals surface area contributed by atoms with E-state index < -0.39 is 17.8 Å². The van der Waals surface area contributed by atoms with E-state index >= 15 is 0 Å². The number of hydrogen-bond acceptors (Lipinski definition) is 3. The summed E-state index contributed by atoms with van der Waals surface area (Å²) in [5, 5.41) is 2.70. The number of rotatable bonds is 3. The smallest absolute Gasteiger partial charge is 0.381 e. The number of alkyl halides is 3. The van der Waals surface area contributed by atoms with Crippen molar-refractivity contribution in [2.45, 2.75) is 19.5 Å². The van der Waals surface area contributed by atoms with Crippen LogP contribution in [0.15, 0.2) is 12.1 Å². The van der Waals surface area contributed by atoms with Crippen LogP contribution in [0.3, 0.4) is 0 Å². The zero-order valence-corrected chi connectivity index (χ0v) is 11.0. The highest BCUT2D eigenvalue weighted by Crippen LogP contribution is 2.28. The number of nitrogens with one attached hydrogen (secondary N) is 1. The first-order chi connectivity index (χ1) is 9.38. The van der Waals surface area contributed by atoms with Crippen LogP contribution in [-0.4, -0.2) is 30.6 Å². The van der Waals surface area contributed by atoms with Crippen molar-refractivity contribution in [3.63, 3.8) is 0 Å². The van der Waals surface area contributed by atoms with Crippen LogP contribution in [0.1, 0.15) is 28.2 Å². The van der Waals surface area contributed by atoms with Gasteiger partial charge in [0, 0.05) is 19.1 Å². The molecule has 1 aliphatic rings. The van der Waals surface area contributed by atoms with Gasteiger partial charge in [0.05, 0.1) is 17.9 Å². The predicted octanol–water partition coefficient (Wildman–Crippen LogP) is 2.18. The number of carbonyl (C=O) groups excluding carboxylic acids is 1. The van der Waals surface area contributed by atoms with E-state index in [1.54, 1.807) is 0 Å². The first-order valence-electron chi connectivity index (χ1n) is 6.28. The first kappa shape index (κ1) is 14.8. The maximum absolute atomic E-state index is 12.5. The van der Waals surface area contributed by atoms with Crippen LogP contribution in [-0.2, 0) is 10.9 Å². The lowest BCUT2D eigenvalue weighted by atomic mass is 10.1. The fourth-order valence-electron chi connectivity index (χ4n) is 2.04. The fraction of sp³-hybridized carbons (Fsp3) is 0.538. The Balaban J connectivity index is 2.02. The zero-order valence-electron chi connectivity index (χ0n) is 11.0. The van der Waals surface area contributed by atoms with E-state index in [0.29, 0.717) is 19.8 Å². The Labute approximate surface area is 114 Å². The molecule has 1 saturated heterocycles. The molecule has 20 heavy (non-hydrogen) atoms. The number of nitrogens with zero attached hydrogens (tertiary/aromatic N) is 1. The summed E-state index contributed by atoms with van der Waals surface area (Å²) in [6.45, 7) is 3.13. The van der Waals surface area contributed by atoms with Crippen LogP contribution in [0, 0.1) is 12.8 Å². The molecule has 1 atom stereocenters. The van der Waals surface area contributed by atoms with Crippen LogP contribution >= 0.6 is 0 Å². The molecule has 0 unspecified atom stereocenters. The van der Waals surface area contributed by atoms with E-state index in [0.717, 1.165) is 18.6 Å². The van der Waals surface area contributed by atoms with Crippen LogP contribution in [0.2, 0.25) is 0 Å². The first-order valence-corrected chi connectivity index (χ1v) is 6.28. The molecule has 2 heterocycles. The average molecular weight is 288 g/mol. The van der Waals surface area contributed by atoms with Crippen LogP contribution < -0.4 is 5.32 Å². The van der Waals surface area contributed by atoms with E-state index in [-0.39, 0.29) is 17.2 Å². The third-order valence-corrected chi connectivity index (χ3v) is 3.20. The minimum Gasteiger partial charge on any atom is -0.381 e. The lowest BCUT2D eigenvalue weighted by Gasteiger charge is -2.12. The van der Waals surface area contributed by atoms with E-state index in [2.05, 4.69) is 10.3 Å². The van der Waals surface area contributed by atoms with Crippen molar-refractivity contribution < 1.29 is 22.7 Å². The summed E-state index contributed by atoms with van der Waals surface area (Å²) < 4.78 is 42.6. The number of carbonyl (C=O) groups is 1. The van der Waals surface area contributed by atoms with Gasteiger partial charge in [-0.3, -0.25) is 4.79 Å². The summed E-state index contributed by atoms with van der Waals surface area (Å²) in [7, 11) is 0. The van der Waals surface area contributed by atoms with Crippen molar-refractivity contribution >= 4 is 5.91 Å². The summed E-state index contributed by atoms with van der Waals surface area (Å²) >= 11 is 0. The molecular formula is C13H15F3N2O2. The SMILES string of the molecule is Cc1nc(C(F)(F)F)ccc1C(=O)NC[C@H]1CCOC1. The molecule has 0 bridgehead atoms. The van der Waals surface area contributed by atoms with Gasteiger partial charge >= 0.3 is 6.18 Å². The highest BCUT2D eigenvalue weighted by Gasteiger charge is 2.33. The van der Waals surface area contributed by atoms with Crippen LogP contribution in [0.5, 0.6) is 0 Å². The fourth-order valence-corrected chi connectivity index (χ4v) is 2.04. The molecule has 1 amide bonds. The van der Waals surface area contributed by atoms with Gasteiger partial charge in [-0.25, -0.2) is 4.98 Å². The Morgan fingerprint density at radius 3 is 2.80 bits per heavy atom. The predicted molar refractivity (Wildman–Crippen MR) is 65.2 cm³/mol. The van der Waals surface area contributed by atoms with Crippen molar-refractivity contribution in [2.24, 2.45) is 5.92 Å². The third kappa shape index (κ3) is 3.47. The van der Waals surface area contributed by atoms with Crippen LogP contribution in [0.4, 0.5) is 13.2 Å². The molecule has 0 spiro atoms. The second kappa shape index (κ2) is 5.78. The van der Waals surface area contributed by atoms with Crippen molar-refractivity contribution in [2.75, 3.05) is 19.8 Å². The minimum atomic E-state index is -4.50.